The lowest BCUT2D eigenvalue weighted by atomic mass is 9.98. The summed E-state index contributed by atoms with van der Waals surface area (Å²) in [5.41, 5.74) is 18.4. The Morgan fingerprint density at radius 1 is 0.195 bits per heavy atom. The summed E-state index contributed by atoms with van der Waals surface area (Å²) in [4.78, 5) is 4.55. The van der Waals surface area contributed by atoms with Crippen molar-refractivity contribution in [2.45, 2.75) is 0 Å². The number of nitrogens with zero attached hydrogens (tertiary/aromatic N) is 2. The number of hydrogen-bond donors (Lipinski definition) is 0. The molecule has 0 bridgehead atoms. The highest BCUT2D eigenvalue weighted by Gasteiger charge is 2.25. The lowest BCUT2D eigenvalue weighted by Crippen LogP contribution is -2.09. The topological polar surface area (TPSA) is 72.2 Å². The Kier molecular flexibility index (Phi) is 10.1. The molecule has 0 atom stereocenters. The average molecular weight is 1120 g/mol. The van der Waals surface area contributed by atoms with Gasteiger partial charge in [0.15, 0.2) is 0 Å². The molecule has 0 unspecified atom stereocenters. The average Bonchev–Trinajstić information content (AvgIpc) is 1.87. The van der Waals surface area contributed by atoms with Crippen LogP contribution in [0.4, 0.5) is 34.1 Å². The van der Waals surface area contributed by atoms with E-state index in [4.69, 9.17) is 22.1 Å². The fourth-order valence-corrected chi connectivity index (χ4v) is 13.8. The smallest absolute Gasteiger partial charge is 0.147 e. The Labute approximate surface area is 495 Å². The molecular formula is C80H46N2O5. The van der Waals surface area contributed by atoms with Gasteiger partial charge in [-0.3, -0.25) is 0 Å². The van der Waals surface area contributed by atoms with Crippen molar-refractivity contribution in [1.29, 1.82) is 0 Å². The molecule has 7 nitrogen and oxygen atoms in total. The SMILES string of the molecule is c1ccc2c(-c3ccc(N(c4ccc5c(c4)oc4ccccc45)c4ccc5c(c4)oc4ccc6c(oc7ccc8oc9cc(N(c%10ccc(-c%11cccc%12ccccc%11%12)cc%10)c%10ccc%11c(c%10)oc%10ccccc%10%11)ccc9c8c76)c45)cc3)cccc2c1. The zero-order valence-corrected chi connectivity index (χ0v) is 46.5. The molecule has 87 heavy (non-hydrogen) atoms. The summed E-state index contributed by atoms with van der Waals surface area (Å²) in [6.07, 6.45) is 0. The predicted molar refractivity (Wildman–Crippen MR) is 358 cm³/mol. The van der Waals surface area contributed by atoms with Crippen molar-refractivity contribution in [3.05, 3.63) is 279 Å². The van der Waals surface area contributed by atoms with Gasteiger partial charge in [-0.15, -0.1) is 0 Å². The number of anilines is 6. The third kappa shape index (κ3) is 7.30. The summed E-state index contributed by atoms with van der Waals surface area (Å²) < 4.78 is 33.7. The Bertz CT molecular complexity index is 6030. The van der Waals surface area contributed by atoms with E-state index in [1.54, 1.807) is 0 Å². The maximum absolute atomic E-state index is 6.98. The van der Waals surface area contributed by atoms with Crippen LogP contribution in [-0.2, 0) is 0 Å². The molecular weight excluding hydrogens is 1070 g/mol. The van der Waals surface area contributed by atoms with E-state index < -0.39 is 0 Å². The highest BCUT2D eigenvalue weighted by molar-refractivity contribution is 6.30. The number of benzene rings is 14. The molecule has 406 valence electrons. The van der Waals surface area contributed by atoms with Gasteiger partial charge in [0.05, 0.1) is 5.39 Å². The number of furan rings is 5. The molecule has 19 aromatic rings. The predicted octanol–water partition coefficient (Wildman–Crippen LogP) is 23.8. The van der Waals surface area contributed by atoms with Gasteiger partial charge in [-0.25, -0.2) is 0 Å². The first-order valence-electron chi connectivity index (χ1n) is 29.3. The highest BCUT2D eigenvalue weighted by atomic mass is 16.4. The maximum Gasteiger partial charge on any atom is 0.147 e. The van der Waals surface area contributed by atoms with Crippen molar-refractivity contribution in [3.63, 3.8) is 0 Å². The summed E-state index contributed by atoms with van der Waals surface area (Å²) in [7, 11) is 0. The molecule has 0 amide bonds. The van der Waals surface area contributed by atoms with E-state index in [0.29, 0.717) is 0 Å². The van der Waals surface area contributed by atoms with Crippen LogP contribution in [0.5, 0.6) is 0 Å². The molecule has 0 saturated carbocycles. The lowest BCUT2D eigenvalue weighted by molar-refractivity contribution is 0.660. The van der Waals surface area contributed by atoms with E-state index in [1.165, 1.54) is 32.7 Å². The fraction of sp³-hybridized carbons (Fsp3) is 0. The molecule has 0 N–H and O–H groups in total. The second-order valence-electron chi connectivity index (χ2n) is 22.7. The molecule has 5 heterocycles. The van der Waals surface area contributed by atoms with Crippen LogP contribution in [-0.4, -0.2) is 0 Å². The summed E-state index contributed by atoms with van der Waals surface area (Å²) >= 11 is 0. The van der Waals surface area contributed by atoms with Gasteiger partial charge >= 0.3 is 0 Å². The van der Waals surface area contributed by atoms with Crippen molar-refractivity contribution in [3.8, 4) is 22.3 Å². The maximum atomic E-state index is 6.98. The van der Waals surface area contributed by atoms with Crippen molar-refractivity contribution >= 4 is 165 Å². The van der Waals surface area contributed by atoms with Gasteiger partial charge in [0, 0.05) is 107 Å². The van der Waals surface area contributed by atoms with Crippen LogP contribution in [0.25, 0.3) is 153 Å². The first-order valence-corrected chi connectivity index (χ1v) is 29.3. The molecule has 19 rings (SSSR count). The molecule has 0 saturated heterocycles. The Morgan fingerprint density at radius 2 is 0.529 bits per heavy atom. The molecule has 0 aliphatic carbocycles. The summed E-state index contributed by atoms with van der Waals surface area (Å²) in [6.45, 7) is 0. The normalized spacial score (nSPS) is 12.1. The van der Waals surface area contributed by atoms with Gasteiger partial charge in [-0.2, -0.15) is 0 Å². The molecule has 0 aliphatic heterocycles. The van der Waals surface area contributed by atoms with E-state index in [0.717, 1.165) is 155 Å². The molecule has 0 radical (unpaired) electrons. The zero-order chi connectivity index (χ0) is 56.8. The van der Waals surface area contributed by atoms with Crippen LogP contribution >= 0.6 is 0 Å². The molecule has 14 aromatic carbocycles. The van der Waals surface area contributed by atoms with Crippen molar-refractivity contribution < 1.29 is 22.1 Å². The monoisotopic (exact) mass is 1110 g/mol. The van der Waals surface area contributed by atoms with Gasteiger partial charge in [-0.1, -0.05) is 146 Å². The quantitative estimate of drug-likeness (QED) is 0.150. The van der Waals surface area contributed by atoms with E-state index in [-0.39, 0.29) is 0 Å². The van der Waals surface area contributed by atoms with Gasteiger partial charge in [-0.05, 0) is 153 Å². The van der Waals surface area contributed by atoms with Crippen LogP contribution in [0.3, 0.4) is 0 Å². The Hall–Kier alpha value is -11.8. The van der Waals surface area contributed by atoms with Crippen LogP contribution < -0.4 is 9.80 Å². The zero-order valence-electron chi connectivity index (χ0n) is 46.5. The Balaban J connectivity index is 0.729. The van der Waals surface area contributed by atoms with Gasteiger partial charge in [0.1, 0.15) is 55.8 Å². The second kappa shape index (κ2) is 18.3. The van der Waals surface area contributed by atoms with E-state index >= 15 is 0 Å². The van der Waals surface area contributed by atoms with E-state index in [2.05, 4.69) is 252 Å². The number of fused-ring (bicyclic) bond motifs is 19. The van der Waals surface area contributed by atoms with Crippen molar-refractivity contribution in [2.75, 3.05) is 9.80 Å². The summed E-state index contributed by atoms with van der Waals surface area (Å²) in [6, 6.07) is 98.5. The van der Waals surface area contributed by atoms with Gasteiger partial charge in [0.2, 0.25) is 0 Å². The molecule has 7 heteroatoms. The van der Waals surface area contributed by atoms with E-state index in [1.807, 2.05) is 36.4 Å². The molecule has 0 aliphatic rings. The van der Waals surface area contributed by atoms with Crippen LogP contribution in [0, 0.1) is 0 Å². The van der Waals surface area contributed by atoms with Crippen LogP contribution in [0.15, 0.2) is 301 Å². The molecule has 5 aromatic heterocycles. The standard InChI is InChI=1S/C80H46N2O5/c1-3-15-57-47(11-1)13-9-19-59(57)49-23-27-51(28-24-49)81(53-31-35-63-61-17-5-7-21-68(61)83-73(63)43-53)55-33-37-65-75(45-55)85-70-41-42-71-78(77(65)70)67-39-40-72-79(80(67)87-71)66-38-34-56(46-76(66)86-72)82(54-32-36-64-62-18-6-8-22-69(62)84-74(64)44-54)52-29-25-50(26-30-52)60-20-10-14-48-12-2-4-16-58(48)60/h1-46H. The third-order valence-corrected chi connectivity index (χ3v) is 17.8. The van der Waals surface area contributed by atoms with Crippen molar-refractivity contribution in [2.24, 2.45) is 0 Å². The number of para-hydroxylation sites is 2. The Morgan fingerprint density at radius 3 is 1.03 bits per heavy atom. The first-order chi connectivity index (χ1) is 43.1. The largest absolute Gasteiger partial charge is 0.456 e. The van der Waals surface area contributed by atoms with Gasteiger partial charge < -0.3 is 31.9 Å². The second-order valence-corrected chi connectivity index (χ2v) is 22.7. The minimum atomic E-state index is 0.743. The lowest BCUT2D eigenvalue weighted by Gasteiger charge is -2.25. The minimum Gasteiger partial charge on any atom is -0.456 e. The van der Waals surface area contributed by atoms with E-state index in [9.17, 15) is 0 Å². The van der Waals surface area contributed by atoms with Crippen LogP contribution in [0.1, 0.15) is 0 Å². The summed E-state index contributed by atoms with van der Waals surface area (Å²) in [5, 5.41) is 15.1. The molecule has 0 fully saturated rings. The summed E-state index contributed by atoms with van der Waals surface area (Å²) in [5.74, 6) is 0. The molecule has 0 spiro atoms. The van der Waals surface area contributed by atoms with Crippen LogP contribution in [0.2, 0.25) is 0 Å². The van der Waals surface area contributed by atoms with Crippen molar-refractivity contribution in [1.82, 2.24) is 0 Å². The third-order valence-electron chi connectivity index (χ3n) is 17.8. The fourth-order valence-electron chi connectivity index (χ4n) is 13.8. The number of hydrogen-bond acceptors (Lipinski definition) is 7. The highest BCUT2D eigenvalue weighted by Crippen LogP contribution is 2.48. The number of rotatable bonds is 8. The minimum absolute atomic E-state index is 0.743. The first kappa shape index (κ1) is 47.7. The van der Waals surface area contributed by atoms with Gasteiger partial charge in [0.25, 0.3) is 0 Å².